The maximum atomic E-state index is 12.5. The van der Waals surface area contributed by atoms with Crippen molar-refractivity contribution in [2.24, 2.45) is 0 Å². The van der Waals surface area contributed by atoms with Crippen LogP contribution >= 0.6 is 11.3 Å². The number of nitrogens with zero attached hydrogens (tertiary/aromatic N) is 2. The van der Waals surface area contributed by atoms with Crippen LogP contribution in [0, 0.1) is 6.92 Å². The fourth-order valence-corrected chi connectivity index (χ4v) is 3.59. The van der Waals surface area contributed by atoms with Gasteiger partial charge in [0.1, 0.15) is 5.75 Å². The van der Waals surface area contributed by atoms with Gasteiger partial charge < -0.3 is 4.74 Å². The number of aryl methyl sites for hydroxylation is 1. The molecule has 0 N–H and O–H groups in total. The Balaban J connectivity index is 2.16. The minimum absolute atomic E-state index is 0.250. The molecular weight excluding hydrogens is 308 g/mol. The summed E-state index contributed by atoms with van der Waals surface area (Å²) in [6, 6.07) is 6.45. The van der Waals surface area contributed by atoms with Gasteiger partial charge in [-0.1, -0.05) is 0 Å². The lowest BCUT2D eigenvalue weighted by atomic mass is 10.3. The average molecular weight is 326 g/mol. The number of hydrogen-bond acceptors (Lipinski definition) is 5. The van der Waals surface area contributed by atoms with E-state index in [4.69, 9.17) is 4.74 Å². The van der Waals surface area contributed by atoms with Gasteiger partial charge in [0.2, 0.25) is 10.0 Å². The van der Waals surface area contributed by atoms with Gasteiger partial charge in [-0.3, -0.25) is 0 Å². The molecule has 1 aromatic carbocycles. The highest BCUT2D eigenvalue weighted by Gasteiger charge is 2.21. The molecule has 7 heteroatoms. The van der Waals surface area contributed by atoms with Crippen molar-refractivity contribution >= 4 is 21.4 Å². The molecule has 0 aliphatic rings. The number of benzene rings is 1. The third-order valence-corrected chi connectivity index (χ3v) is 5.53. The molecule has 0 amide bonds. The van der Waals surface area contributed by atoms with Crippen LogP contribution in [-0.2, 0) is 16.6 Å². The zero-order valence-corrected chi connectivity index (χ0v) is 13.9. The molecule has 0 saturated carbocycles. The molecule has 0 aliphatic carbocycles. The Morgan fingerprint density at radius 2 is 1.95 bits per heavy atom. The maximum Gasteiger partial charge on any atom is 0.243 e. The second kappa shape index (κ2) is 6.55. The number of thiazole rings is 1. The van der Waals surface area contributed by atoms with Crippen LogP contribution in [0.25, 0.3) is 0 Å². The van der Waals surface area contributed by atoms with Gasteiger partial charge in [0, 0.05) is 12.4 Å². The summed E-state index contributed by atoms with van der Waals surface area (Å²) < 4.78 is 31.6. The predicted octanol–water partition coefficient (Wildman–Crippen LogP) is 2.67. The Morgan fingerprint density at radius 3 is 2.48 bits per heavy atom. The molecule has 0 radical (unpaired) electrons. The Bertz CT molecular complexity index is 693. The summed E-state index contributed by atoms with van der Waals surface area (Å²) >= 11 is 1.51. The normalized spacial score (nSPS) is 11.8. The summed E-state index contributed by atoms with van der Waals surface area (Å²) in [4.78, 5) is 4.54. The van der Waals surface area contributed by atoms with E-state index in [1.165, 1.54) is 15.6 Å². The SMILES string of the molecule is CCOc1ccc(S(=O)(=O)N(C)Cc2csc(C)n2)cc1. The summed E-state index contributed by atoms with van der Waals surface area (Å²) in [6.07, 6.45) is 0. The van der Waals surface area contributed by atoms with Crippen LogP contribution in [0.3, 0.4) is 0 Å². The Kier molecular flexibility index (Phi) is 4.97. The van der Waals surface area contributed by atoms with E-state index < -0.39 is 10.0 Å². The number of hydrogen-bond donors (Lipinski definition) is 0. The molecule has 2 rings (SSSR count). The van der Waals surface area contributed by atoms with Crippen molar-refractivity contribution in [1.29, 1.82) is 0 Å². The first-order valence-electron chi connectivity index (χ1n) is 6.53. The van der Waals surface area contributed by atoms with Crippen LogP contribution in [-0.4, -0.2) is 31.4 Å². The second-order valence-corrected chi connectivity index (χ2v) is 7.63. The Morgan fingerprint density at radius 1 is 1.29 bits per heavy atom. The molecular formula is C14H18N2O3S2. The van der Waals surface area contributed by atoms with Crippen LogP contribution in [0.1, 0.15) is 17.6 Å². The molecule has 2 aromatic rings. The molecule has 0 atom stereocenters. The Labute approximate surface area is 129 Å². The lowest BCUT2D eigenvalue weighted by molar-refractivity contribution is 0.340. The largest absolute Gasteiger partial charge is 0.494 e. The van der Waals surface area contributed by atoms with Gasteiger partial charge in [-0.25, -0.2) is 13.4 Å². The summed E-state index contributed by atoms with van der Waals surface area (Å²) in [6.45, 7) is 4.60. The van der Waals surface area contributed by atoms with Gasteiger partial charge >= 0.3 is 0 Å². The predicted molar refractivity (Wildman–Crippen MR) is 83.1 cm³/mol. The molecule has 1 aromatic heterocycles. The molecule has 21 heavy (non-hydrogen) atoms. The quantitative estimate of drug-likeness (QED) is 0.819. The van der Waals surface area contributed by atoms with Gasteiger partial charge in [-0.05, 0) is 38.1 Å². The van der Waals surface area contributed by atoms with Crippen LogP contribution in [0.15, 0.2) is 34.5 Å². The van der Waals surface area contributed by atoms with E-state index in [1.54, 1.807) is 31.3 Å². The second-order valence-electron chi connectivity index (χ2n) is 4.52. The molecule has 1 heterocycles. The summed E-state index contributed by atoms with van der Waals surface area (Å²) in [5, 5.41) is 2.80. The highest BCUT2D eigenvalue weighted by molar-refractivity contribution is 7.89. The number of aromatic nitrogens is 1. The number of rotatable bonds is 6. The van der Waals surface area contributed by atoms with E-state index in [-0.39, 0.29) is 11.4 Å². The molecule has 0 aliphatic heterocycles. The number of sulfonamides is 1. The zero-order valence-electron chi connectivity index (χ0n) is 12.2. The van der Waals surface area contributed by atoms with Gasteiger partial charge in [0.25, 0.3) is 0 Å². The molecule has 0 saturated heterocycles. The number of ether oxygens (including phenoxy) is 1. The van der Waals surface area contributed by atoms with E-state index in [9.17, 15) is 8.42 Å². The third-order valence-electron chi connectivity index (χ3n) is 2.89. The summed E-state index contributed by atoms with van der Waals surface area (Å²) in [5.41, 5.74) is 0.759. The van der Waals surface area contributed by atoms with Gasteiger partial charge in [0.05, 0.1) is 28.7 Å². The molecule has 0 spiro atoms. The Hall–Kier alpha value is -1.44. The fraction of sp³-hybridized carbons (Fsp3) is 0.357. The van der Waals surface area contributed by atoms with E-state index in [1.807, 2.05) is 19.2 Å². The molecule has 114 valence electrons. The molecule has 0 bridgehead atoms. The monoisotopic (exact) mass is 326 g/mol. The molecule has 0 unspecified atom stereocenters. The average Bonchev–Trinajstić information content (AvgIpc) is 2.85. The minimum Gasteiger partial charge on any atom is -0.494 e. The van der Waals surface area contributed by atoms with Crippen LogP contribution < -0.4 is 4.74 Å². The van der Waals surface area contributed by atoms with Crippen molar-refractivity contribution in [3.05, 3.63) is 40.3 Å². The van der Waals surface area contributed by atoms with Crippen molar-refractivity contribution in [1.82, 2.24) is 9.29 Å². The van der Waals surface area contributed by atoms with Gasteiger partial charge in [-0.2, -0.15) is 4.31 Å². The topological polar surface area (TPSA) is 59.5 Å². The van der Waals surface area contributed by atoms with Gasteiger partial charge in [0.15, 0.2) is 0 Å². The van der Waals surface area contributed by atoms with E-state index in [0.29, 0.717) is 12.4 Å². The van der Waals surface area contributed by atoms with E-state index in [0.717, 1.165) is 10.7 Å². The first-order chi connectivity index (χ1) is 9.93. The van der Waals surface area contributed by atoms with E-state index in [2.05, 4.69) is 4.98 Å². The van der Waals surface area contributed by atoms with E-state index >= 15 is 0 Å². The van der Waals surface area contributed by atoms with Crippen molar-refractivity contribution in [3.8, 4) is 5.75 Å². The highest BCUT2D eigenvalue weighted by atomic mass is 32.2. The van der Waals surface area contributed by atoms with Crippen LogP contribution in [0.2, 0.25) is 0 Å². The standard InChI is InChI=1S/C14H18N2O3S2/c1-4-19-13-5-7-14(8-6-13)21(17,18)16(3)9-12-10-20-11(2)15-12/h5-8,10H,4,9H2,1-3H3. The van der Waals surface area contributed by atoms with Crippen molar-refractivity contribution in [2.45, 2.75) is 25.3 Å². The van der Waals surface area contributed by atoms with Gasteiger partial charge in [-0.15, -0.1) is 11.3 Å². The van der Waals surface area contributed by atoms with Crippen molar-refractivity contribution in [3.63, 3.8) is 0 Å². The van der Waals surface area contributed by atoms with Crippen molar-refractivity contribution in [2.75, 3.05) is 13.7 Å². The minimum atomic E-state index is -3.52. The first kappa shape index (κ1) is 15.9. The fourth-order valence-electron chi connectivity index (χ4n) is 1.85. The highest BCUT2D eigenvalue weighted by Crippen LogP contribution is 2.20. The summed E-state index contributed by atoms with van der Waals surface area (Å²) in [7, 11) is -1.96. The lowest BCUT2D eigenvalue weighted by Crippen LogP contribution is -2.26. The lowest BCUT2D eigenvalue weighted by Gasteiger charge is -2.16. The zero-order chi connectivity index (χ0) is 15.5. The first-order valence-corrected chi connectivity index (χ1v) is 8.85. The smallest absolute Gasteiger partial charge is 0.243 e. The molecule has 0 fully saturated rings. The maximum absolute atomic E-state index is 12.5. The molecule has 5 nitrogen and oxygen atoms in total. The summed E-state index contributed by atoms with van der Waals surface area (Å²) in [5.74, 6) is 0.661. The third kappa shape index (κ3) is 3.81. The van der Waals surface area contributed by atoms with Crippen LogP contribution in [0.4, 0.5) is 0 Å². The van der Waals surface area contributed by atoms with Crippen LogP contribution in [0.5, 0.6) is 5.75 Å². The van der Waals surface area contributed by atoms with Crippen molar-refractivity contribution < 1.29 is 13.2 Å².